The number of ether oxygens (including phenoxy) is 1. The van der Waals surface area contributed by atoms with Gasteiger partial charge in [-0.15, -0.1) is 11.3 Å². The summed E-state index contributed by atoms with van der Waals surface area (Å²) in [6.45, 7) is 1.99. The fourth-order valence-corrected chi connectivity index (χ4v) is 6.87. The number of hydrogen-bond donors (Lipinski definition) is 0. The third kappa shape index (κ3) is 3.44. The zero-order valence-corrected chi connectivity index (χ0v) is 18.2. The first-order valence-corrected chi connectivity index (χ1v) is 11.4. The Balaban J connectivity index is 1.50. The van der Waals surface area contributed by atoms with Gasteiger partial charge in [-0.1, -0.05) is 0 Å². The molecule has 1 heterocycles. The van der Waals surface area contributed by atoms with Crippen LogP contribution < -0.4 is 0 Å². The highest BCUT2D eigenvalue weighted by Crippen LogP contribution is 2.51. The molecular weight excluding hydrogens is 428 g/mol. The smallest absolute Gasteiger partial charge is 0.308 e. The van der Waals surface area contributed by atoms with Crippen molar-refractivity contribution in [2.75, 3.05) is 7.11 Å². The number of thiophene rings is 1. The first-order valence-electron chi connectivity index (χ1n) is 9.82. The standard InChI is InChI=1S/C21H25BrO4S/c1-10-17-18(24)15(4-3-11-5-14(6-11)21(25)26-2)16(23)9-12-7-13(8-12)19(17)27-20(10)22/h11-15H,3-9H2,1-2H3/t11?,12?,13?,14?,15-/m1/s1. The Bertz CT molecular complexity index is 786. The van der Waals surface area contributed by atoms with Crippen molar-refractivity contribution in [3.63, 3.8) is 0 Å². The molecule has 0 N–H and O–H groups in total. The van der Waals surface area contributed by atoms with E-state index in [0.29, 0.717) is 30.6 Å². The van der Waals surface area contributed by atoms with Crippen LogP contribution in [0.4, 0.5) is 0 Å². The molecule has 0 saturated heterocycles. The second kappa shape index (κ2) is 7.43. The molecule has 2 bridgehead atoms. The number of hydrogen-bond acceptors (Lipinski definition) is 5. The maximum absolute atomic E-state index is 13.4. The predicted octanol–water partition coefficient (Wildman–Crippen LogP) is 5.06. The minimum Gasteiger partial charge on any atom is -0.469 e. The lowest BCUT2D eigenvalue weighted by molar-refractivity contribution is -0.150. The van der Waals surface area contributed by atoms with Crippen LogP contribution in [0.15, 0.2) is 3.79 Å². The zero-order valence-electron chi connectivity index (χ0n) is 15.8. The molecule has 1 atom stereocenters. The summed E-state index contributed by atoms with van der Waals surface area (Å²) in [5.74, 6) is 0.823. The molecule has 0 aliphatic heterocycles. The van der Waals surface area contributed by atoms with Crippen molar-refractivity contribution in [3.8, 4) is 0 Å². The first kappa shape index (κ1) is 19.3. The van der Waals surface area contributed by atoms with E-state index in [2.05, 4.69) is 15.9 Å². The molecule has 4 nitrogen and oxygen atoms in total. The molecule has 5 rings (SSSR count). The molecule has 0 aromatic carbocycles. The third-order valence-corrected chi connectivity index (χ3v) is 9.12. The molecule has 0 amide bonds. The molecule has 0 spiro atoms. The maximum atomic E-state index is 13.4. The molecule has 4 aliphatic carbocycles. The van der Waals surface area contributed by atoms with E-state index in [4.69, 9.17) is 4.74 Å². The lowest BCUT2D eigenvalue weighted by Gasteiger charge is -2.34. The Morgan fingerprint density at radius 2 is 1.89 bits per heavy atom. The molecule has 146 valence electrons. The highest BCUT2D eigenvalue weighted by molar-refractivity contribution is 9.11. The van der Waals surface area contributed by atoms with Gasteiger partial charge in [0.25, 0.3) is 0 Å². The van der Waals surface area contributed by atoms with Crippen LogP contribution in [0.3, 0.4) is 0 Å². The van der Waals surface area contributed by atoms with Crippen LogP contribution in [-0.2, 0) is 14.3 Å². The van der Waals surface area contributed by atoms with Crippen LogP contribution in [0.25, 0.3) is 0 Å². The topological polar surface area (TPSA) is 60.4 Å². The van der Waals surface area contributed by atoms with E-state index >= 15 is 0 Å². The van der Waals surface area contributed by atoms with Crippen LogP contribution >= 0.6 is 27.3 Å². The van der Waals surface area contributed by atoms with Gasteiger partial charge in [0.05, 0.1) is 22.7 Å². The van der Waals surface area contributed by atoms with E-state index in [1.54, 1.807) is 11.3 Å². The van der Waals surface area contributed by atoms with Gasteiger partial charge in [-0.25, -0.2) is 0 Å². The normalized spacial score (nSPS) is 32.5. The first-order chi connectivity index (χ1) is 12.9. The van der Waals surface area contributed by atoms with Crippen molar-refractivity contribution in [3.05, 3.63) is 19.8 Å². The van der Waals surface area contributed by atoms with E-state index in [0.717, 1.165) is 47.0 Å². The number of Topliss-reactive ketones (excluding diaryl/α,β-unsaturated/α-hetero) is 2. The molecule has 1 aromatic heterocycles. The lowest BCUT2D eigenvalue weighted by atomic mass is 9.70. The van der Waals surface area contributed by atoms with E-state index in [1.807, 2.05) is 6.92 Å². The second-order valence-corrected chi connectivity index (χ2v) is 10.9. The summed E-state index contributed by atoms with van der Waals surface area (Å²) in [5.41, 5.74) is 1.81. The third-order valence-electron chi connectivity index (χ3n) is 6.80. The van der Waals surface area contributed by atoms with Crippen molar-refractivity contribution < 1.29 is 19.1 Å². The van der Waals surface area contributed by atoms with Gasteiger partial charge in [0.1, 0.15) is 5.78 Å². The molecule has 27 heavy (non-hydrogen) atoms. The molecule has 1 aromatic rings. The SMILES string of the molecule is COC(=O)C1CC(CC[C@@H]2C(=O)CC3CC(C3)c3sc(Br)c(C)c3C2=O)C1. The fourth-order valence-electron chi connectivity index (χ4n) is 4.99. The quantitative estimate of drug-likeness (QED) is 0.472. The van der Waals surface area contributed by atoms with Crippen LogP contribution in [0.5, 0.6) is 0 Å². The maximum Gasteiger partial charge on any atom is 0.308 e. The van der Waals surface area contributed by atoms with Crippen molar-refractivity contribution in [1.82, 2.24) is 0 Å². The Hall–Kier alpha value is -1.01. The molecule has 2 saturated carbocycles. The number of carbonyl (C=O) groups is 3. The van der Waals surface area contributed by atoms with Gasteiger partial charge in [-0.2, -0.15) is 0 Å². The van der Waals surface area contributed by atoms with Crippen LogP contribution in [0, 0.1) is 30.6 Å². The summed E-state index contributed by atoms with van der Waals surface area (Å²) in [6, 6.07) is 0. The molecular formula is C21H25BrO4S. The van der Waals surface area contributed by atoms with Crippen molar-refractivity contribution >= 4 is 44.8 Å². The Morgan fingerprint density at radius 3 is 2.56 bits per heavy atom. The highest BCUT2D eigenvalue weighted by Gasteiger charge is 2.43. The number of esters is 1. The number of fused-ring (bicyclic) bond motifs is 3. The fraction of sp³-hybridized carbons (Fsp3) is 0.667. The van der Waals surface area contributed by atoms with Crippen LogP contribution in [0.2, 0.25) is 0 Å². The van der Waals surface area contributed by atoms with Crippen LogP contribution in [0.1, 0.15) is 71.7 Å². The van der Waals surface area contributed by atoms with Crippen molar-refractivity contribution in [1.29, 1.82) is 0 Å². The summed E-state index contributed by atoms with van der Waals surface area (Å²) in [7, 11) is 1.43. The summed E-state index contributed by atoms with van der Waals surface area (Å²) < 4.78 is 5.82. The molecule has 6 heteroatoms. The van der Waals surface area contributed by atoms with Crippen molar-refractivity contribution in [2.24, 2.45) is 23.7 Å². The van der Waals surface area contributed by atoms with Gasteiger partial charge in [-0.3, -0.25) is 14.4 Å². The van der Waals surface area contributed by atoms with E-state index in [-0.39, 0.29) is 23.5 Å². The van der Waals surface area contributed by atoms with Gasteiger partial charge < -0.3 is 4.74 Å². The van der Waals surface area contributed by atoms with E-state index in [9.17, 15) is 14.4 Å². The van der Waals surface area contributed by atoms with Gasteiger partial charge in [0.15, 0.2) is 5.78 Å². The number of carbonyl (C=O) groups excluding carboxylic acids is 3. The Labute approximate surface area is 172 Å². The molecule has 4 aliphatic rings. The summed E-state index contributed by atoms with van der Waals surface area (Å²) >= 11 is 5.28. The van der Waals surface area contributed by atoms with Gasteiger partial charge in [0.2, 0.25) is 0 Å². The summed E-state index contributed by atoms with van der Waals surface area (Å²) in [5, 5.41) is 0. The van der Waals surface area contributed by atoms with E-state index in [1.165, 1.54) is 12.0 Å². The summed E-state index contributed by atoms with van der Waals surface area (Å²) in [4.78, 5) is 39.1. The average Bonchev–Trinajstić information content (AvgIpc) is 2.88. The molecule has 2 fully saturated rings. The highest BCUT2D eigenvalue weighted by atomic mass is 79.9. The number of ketones is 2. The minimum absolute atomic E-state index is 0.000773. The largest absolute Gasteiger partial charge is 0.469 e. The Morgan fingerprint density at radius 1 is 1.19 bits per heavy atom. The monoisotopic (exact) mass is 452 g/mol. The zero-order chi connectivity index (χ0) is 19.3. The average molecular weight is 453 g/mol. The number of rotatable bonds is 4. The number of halogens is 1. The predicted molar refractivity (Wildman–Crippen MR) is 107 cm³/mol. The van der Waals surface area contributed by atoms with Gasteiger partial charge in [-0.05, 0) is 84.7 Å². The molecule has 0 radical (unpaired) electrons. The van der Waals surface area contributed by atoms with Gasteiger partial charge in [0, 0.05) is 16.9 Å². The van der Waals surface area contributed by atoms with E-state index < -0.39 is 5.92 Å². The number of methoxy groups -OCH3 is 1. The van der Waals surface area contributed by atoms with Crippen molar-refractivity contribution in [2.45, 2.75) is 57.8 Å². The lowest BCUT2D eigenvalue weighted by Crippen LogP contribution is -2.33. The molecule has 0 unspecified atom stereocenters. The second-order valence-electron chi connectivity index (χ2n) is 8.50. The summed E-state index contributed by atoms with van der Waals surface area (Å²) in [6.07, 6.45) is 5.71. The van der Waals surface area contributed by atoms with Crippen LogP contribution in [-0.4, -0.2) is 24.6 Å². The Kier molecular flexibility index (Phi) is 5.32. The van der Waals surface area contributed by atoms with Gasteiger partial charge >= 0.3 is 5.97 Å². The minimum atomic E-state index is -0.513.